The summed E-state index contributed by atoms with van der Waals surface area (Å²) in [7, 11) is 0. The van der Waals surface area contributed by atoms with Crippen molar-refractivity contribution in [3.8, 4) is 0 Å². The van der Waals surface area contributed by atoms with E-state index < -0.39 is 5.54 Å². The van der Waals surface area contributed by atoms with E-state index in [1.165, 1.54) is 4.88 Å². The van der Waals surface area contributed by atoms with Crippen molar-refractivity contribution in [2.24, 2.45) is 5.73 Å². The summed E-state index contributed by atoms with van der Waals surface area (Å²) < 4.78 is 0. The zero-order valence-corrected chi connectivity index (χ0v) is 16.7. The lowest BCUT2D eigenvalue weighted by Gasteiger charge is -2.24. The second-order valence-electron chi connectivity index (χ2n) is 6.60. The number of thiophene rings is 1. The van der Waals surface area contributed by atoms with Crippen molar-refractivity contribution in [3.63, 3.8) is 0 Å². The normalized spacial score (nSPS) is 10.7. The van der Waals surface area contributed by atoms with Crippen molar-refractivity contribution in [1.82, 2.24) is 5.32 Å². The fourth-order valence-electron chi connectivity index (χ4n) is 2.27. The average molecular weight is 396 g/mol. The summed E-state index contributed by atoms with van der Waals surface area (Å²) in [6, 6.07) is 11.0. The van der Waals surface area contributed by atoms with E-state index in [2.05, 4.69) is 16.7 Å². The lowest BCUT2D eigenvalue weighted by atomic mass is 10.0. The monoisotopic (exact) mass is 395 g/mol. The molecule has 0 radical (unpaired) electrons. The number of aryl methyl sites for hydroxylation is 1. The minimum Gasteiger partial charge on any atom is -0.346 e. The van der Waals surface area contributed by atoms with E-state index in [1.54, 1.807) is 35.6 Å². The third-order valence-corrected chi connectivity index (χ3v) is 4.71. The quantitative estimate of drug-likeness (QED) is 0.638. The molecule has 2 aromatic rings. The van der Waals surface area contributed by atoms with Crippen molar-refractivity contribution in [2.45, 2.75) is 38.6 Å². The molecular weight excluding hydrogens is 370 g/mol. The van der Waals surface area contributed by atoms with E-state index in [9.17, 15) is 9.59 Å². The first-order chi connectivity index (χ1) is 11.9. The highest BCUT2D eigenvalue weighted by Gasteiger charge is 2.19. The van der Waals surface area contributed by atoms with Crippen molar-refractivity contribution in [3.05, 3.63) is 52.2 Å². The summed E-state index contributed by atoms with van der Waals surface area (Å²) in [5.41, 5.74) is 6.29. The molecule has 0 atom stereocenters. The van der Waals surface area contributed by atoms with Crippen molar-refractivity contribution in [1.29, 1.82) is 0 Å². The maximum atomic E-state index is 12.3. The third-order valence-electron chi connectivity index (χ3n) is 3.78. The van der Waals surface area contributed by atoms with Gasteiger partial charge in [0.2, 0.25) is 5.91 Å². The smallest absolute Gasteiger partial charge is 0.251 e. The molecule has 0 saturated heterocycles. The van der Waals surface area contributed by atoms with Gasteiger partial charge in [-0.1, -0.05) is 12.1 Å². The number of halogens is 1. The lowest BCUT2D eigenvalue weighted by Crippen LogP contribution is -2.48. The fraction of sp³-hybridized carbons (Fsp3) is 0.368. The number of nitrogens with one attached hydrogen (secondary N) is 2. The minimum atomic E-state index is -0.474. The van der Waals surface area contributed by atoms with Crippen LogP contribution in [0.25, 0.3) is 0 Å². The van der Waals surface area contributed by atoms with Crippen LogP contribution in [0.15, 0.2) is 41.8 Å². The Morgan fingerprint density at radius 2 is 1.96 bits per heavy atom. The summed E-state index contributed by atoms with van der Waals surface area (Å²) >= 11 is 1.70. The van der Waals surface area contributed by atoms with Crippen LogP contribution in [0.3, 0.4) is 0 Å². The first-order valence-electron chi connectivity index (χ1n) is 8.34. The largest absolute Gasteiger partial charge is 0.346 e. The topological polar surface area (TPSA) is 84.2 Å². The Morgan fingerprint density at radius 3 is 2.62 bits per heavy atom. The van der Waals surface area contributed by atoms with Crippen LogP contribution in [0.2, 0.25) is 0 Å². The average Bonchev–Trinajstić information content (AvgIpc) is 3.08. The molecule has 5 nitrogen and oxygen atoms in total. The third kappa shape index (κ3) is 7.15. The molecule has 142 valence electrons. The predicted molar refractivity (Wildman–Crippen MR) is 110 cm³/mol. The molecule has 2 amide bonds. The highest BCUT2D eigenvalue weighted by molar-refractivity contribution is 7.09. The second-order valence-corrected chi connectivity index (χ2v) is 7.64. The van der Waals surface area contributed by atoms with Gasteiger partial charge in [-0.2, -0.15) is 0 Å². The Bertz CT molecular complexity index is 717. The van der Waals surface area contributed by atoms with Gasteiger partial charge in [0.15, 0.2) is 0 Å². The number of carbonyl (C=O) groups excluding carboxylic acids is 2. The van der Waals surface area contributed by atoms with E-state index in [0.717, 1.165) is 12.8 Å². The molecular formula is C19H26ClN3O2S. The van der Waals surface area contributed by atoms with Gasteiger partial charge in [0.25, 0.3) is 5.91 Å². The van der Waals surface area contributed by atoms with E-state index in [1.807, 2.05) is 25.3 Å². The first-order valence-corrected chi connectivity index (χ1v) is 9.22. The van der Waals surface area contributed by atoms with Crippen LogP contribution in [0.1, 0.15) is 41.9 Å². The van der Waals surface area contributed by atoms with Crippen LogP contribution >= 0.6 is 23.7 Å². The molecule has 0 unspecified atom stereocenters. The van der Waals surface area contributed by atoms with E-state index in [0.29, 0.717) is 24.2 Å². The second kappa shape index (κ2) is 10.3. The Labute approximate surface area is 164 Å². The van der Waals surface area contributed by atoms with Crippen LogP contribution in [-0.2, 0) is 11.2 Å². The Hall–Kier alpha value is -1.89. The molecule has 0 fully saturated rings. The van der Waals surface area contributed by atoms with Gasteiger partial charge in [-0.25, -0.2) is 0 Å². The van der Waals surface area contributed by atoms with Gasteiger partial charge in [-0.3, -0.25) is 9.59 Å². The number of carbonyl (C=O) groups is 2. The maximum Gasteiger partial charge on any atom is 0.251 e. The number of nitrogens with two attached hydrogens (primary N) is 1. The number of benzene rings is 1. The zero-order chi connectivity index (χ0) is 18.3. The molecule has 0 saturated carbocycles. The van der Waals surface area contributed by atoms with Crippen LogP contribution in [-0.4, -0.2) is 23.9 Å². The van der Waals surface area contributed by atoms with Crippen molar-refractivity contribution >= 4 is 41.2 Å². The Balaban J connectivity index is 0.00000338. The predicted octanol–water partition coefficient (Wildman–Crippen LogP) is 3.60. The summed E-state index contributed by atoms with van der Waals surface area (Å²) in [5.74, 6) is -0.249. The number of hydrogen-bond acceptors (Lipinski definition) is 4. The van der Waals surface area contributed by atoms with E-state index in [-0.39, 0.29) is 24.2 Å². The van der Waals surface area contributed by atoms with Crippen LogP contribution in [0, 0.1) is 0 Å². The lowest BCUT2D eigenvalue weighted by molar-refractivity contribution is -0.116. The van der Waals surface area contributed by atoms with E-state index >= 15 is 0 Å². The van der Waals surface area contributed by atoms with Gasteiger partial charge >= 0.3 is 0 Å². The molecule has 0 aliphatic rings. The van der Waals surface area contributed by atoms with Gasteiger partial charge in [-0.15, -0.1) is 23.7 Å². The van der Waals surface area contributed by atoms with Gasteiger partial charge < -0.3 is 16.4 Å². The SMILES string of the molecule is CC(C)(CN)NC(=O)c1cccc(NC(=O)CCCc2cccs2)c1.Cl. The highest BCUT2D eigenvalue weighted by Crippen LogP contribution is 2.15. The summed E-state index contributed by atoms with van der Waals surface area (Å²) in [6.07, 6.45) is 2.16. The summed E-state index contributed by atoms with van der Waals surface area (Å²) in [5, 5.41) is 7.77. The molecule has 26 heavy (non-hydrogen) atoms. The van der Waals surface area contributed by atoms with Gasteiger partial charge in [0.1, 0.15) is 0 Å². The van der Waals surface area contributed by atoms with Crippen molar-refractivity contribution < 1.29 is 9.59 Å². The molecule has 0 spiro atoms. The van der Waals surface area contributed by atoms with Gasteiger partial charge in [0.05, 0.1) is 0 Å². The Morgan fingerprint density at radius 1 is 1.19 bits per heavy atom. The molecule has 7 heteroatoms. The van der Waals surface area contributed by atoms with E-state index in [4.69, 9.17) is 5.73 Å². The first kappa shape index (κ1) is 22.2. The molecule has 0 aliphatic carbocycles. The van der Waals surface area contributed by atoms with Gasteiger partial charge in [-0.05, 0) is 56.3 Å². The molecule has 1 aromatic heterocycles. The number of rotatable bonds is 8. The van der Waals surface area contributed by atoms with Crippen LogP contribution in [0.4, 0.5) is 5.69 Å². The molecule has 1 aromatic carbocycles. The molecule has 1 heterocycles. The molecule has 0 aliphatic heterocycles. The highest BCUT2D eigenvalue weighted by atomic mass is 35.5. The zero-order valence-electron chi connectivity index (χ0n) is 15.1. The minimum absolute atomic E-state index is 0. The summed E-state index contributed by atoms with van der Waals surface area (Å²) in [4.78, 5) is 25.6. The molecule has 2 rings (SSSR count). The maximum absolute atomic E-state index is 12.3. The number of anilines is 1. The molecule has 0 bridgehead atoms. The standard InChI is InChI=1S/C19H25N3O2S.ClH/c1-19(2,13-20)22-18(24)14-6-3-7-15(12-14)21-17(23)10-4-8-16-9-5-11-25-16;/h3,5-7,9,11-12H,4,8,10,13,20H2,1-2H3,(H,21,23)(H,22,24);1H. The Kier molecular flexibility index (Phi) is 8.78. The fourth-order valence-corrected chi connectivity index (χ4v) is 3.02. The number of hydrogen-bond donors (Lipinski definition) is 3. The van der Waals surface area contributed by atoms with Crippen LogP contribution < -0.4 is 16.4 Å². The molecule has 4 N–H and O–H groups in total. The summed E-state index contributed by atoms with van der Waals surface area (Å²) in [6.45, 7) is 4.08. The van der Waals surface area contributed by atoms with Crippen LogP contribution in [0.5, 0.6) is 0 Å². The van der Waals surface area contributed by atoms with Crippen molar-refractivity contribution in [2.75, 3.05) is 11.9 Å². The van der Waals surface area contributed by atoms with Gasteiger partial charge in [0, 0.05) is 34.6 Å². The number of amides is 2.